The predicted molar refractivity (Wildman–Crippen MR) is 39.3 cm³/mol. The van der Waals surface area contributed by atoms with Crippen LogP contribution in [-0.2, 0) is 4.79 Å². The van der Waals surface area contributed by atoms with Crippen molar-refractivity contribution in [1.29, 1.82) is 0 Å². The second-order valence-electron chi connectivity index (χ2n) is 2.39. The molecule has 0 aromatic carbocycles. The van der Waals surface area contributed by atoms with Crippen molar-refractivity contribution in [3.05, 3.63) is 12.2 Å². The van der Waals surface area contributed by atoms with Crippen molar-refractivity contribution >= 4 is 5.78 Å². The molecular formula is C8H14O. The third-order valence-corrected chi connectivity index (χ3v) is 1.20. The average Bonchev–Trinajstić information content (AvgIpc) is 1.82. The van der Waals surface area contributed by atoms with E-state index in [2.05, 4.69) is 0 Å². The van der Waals surface area contributed by atoms with E-state index < -0.39 is 0 Å². The van der Waals surface area contributed by atoms with E-state index in [1.54, 1.807) is 0 Å². The molecule has 0 aliphatic rings. The first-order valence-electron chi connectivity index (χ1n) is 3.32. The SMILES string of the molecule is C/C=C/CC(=O)C(C)C. The van der Waals surface area contributed by atoms with Gasteiger partial charge in [-0.25, -0.2) is 0 Å². The molecule has 0 bridgehead atoms. The first-order valence-corrected chi connectivity index (χ1v) is 3.32. The highest BCUT2D eigenvalue weighted by Crippen LogP contribution is 1.98. The summed E-state index contributed by atoms with van der Waals surface area (Å²) in [6, 6.07) is 0. The molecule has 1 nitrogen and oxygen atoms in total. The zero-order valence-electron chi connectivity index (χ0n) is 6.35. The molecule has 0 saturated carbocycles. The van der Waals surface area contributed by atoms with Gasteiger partial charge in [0.15, 0.2) is 0 Å². The van der Waals surface area contributed by atoms with Crippen molar-refractivity contribution in [1.82, 2.24) is 0 Å². The number of hydrogen-bond acceptors (Lipinski definition) is 1. The van der Waals surface area contributed by atoms with Crippen molar-refractivity contribution < 1.29 is 4.79 Å². The fraction of sp³-hybridized carbons (Fsp3) is 0.625. The Hall–Kier alpha value is -0.590. The standard InChI is InChI=1S/C8H14O/c1-4-5-6-8(9)7(2)3/h4-5,7H,6H2,1-3H3/b5-4+. The Morgan fingerprint density at radius 3 is 2.44 bits per heavy atom. The van der Waals surface area contributed by atoms with Crippen LogP contribution in [-0.4, -0.2) is 5.78 Å². The van der Waals surface area contributed by atoms with Crippen molar-refractivity contribution in [3.8, 4) is 0 Å². The highest BCUT2D eigenvalue weighted by atomic mass is 16.1. The summed E-state index contributed by atoms with van der Waals surface area (Å²) in [7, 11) is 0. The van der Waals surface area contributed by atoms with E-state index in [4.69, 9.17) is 0 Å². The minimum Gasteiger partial charge on any atom is -0.299 e. The molecule has 52 valence electrons. The van der Waals surface area contributed by atoms with Crippen LogP contribution in [0.1, 0.15) is 27.2 Å². The van der Waals surface area contributed by atoms with Crippen LogP contribution >= 0.6 is 0 Å². The van der Waals surface area contributed by atoms with Crippen LogP contribution in [0.2, 0.25) is 0 Å². The molecule has 0 radical (unpaired) electrons. The molecule has 1 heteroatoms. The van der Waals surface area contributed by atoms with Crippen molar-refractivity contribution in [3.63, 3.8) is 0 Å². The van der Waals surface area contributed by atoms with Gasteiger partial charge < -0.3 is 0 Å². The van der Waals surface area contributed by atoms with Gasteiger partial charge in [-0.2, -0.15) is 0 Å². The van der Waals surface area contributed by atoms with E-state index in [-0.39, 0.29) is 5.92 Å². The van der Waals surface area contributed by atoms with Crippen LogP contribution in [0.4, 0.5) is 0 Å². The molecule has 0 N–H and O–H groups in total. The Labute approximate surface area is 56.8 Å². The molecule has 0 aliphatic carbocycles. The second-order valence-corrected chi connectivity index (χ2v) is 2.39. The molecule has 0 fully saturated rings. The maximum absolute atomic E-state index is 10.9. The van der Waals surface area contributed by atoms with E-state index >= 15 is 0 Å². The molecule has 0 aromatic heterocycles. The van der Waals surface area contributed by atoms with Gasteiger partial charge in [0, 0.05) is 12.3 Å². The topological polar surface area (TPSA) is 17.1 Å². The number of rotatable bonds is 3. The lowest BCUT2D eigenvalue weighted by Crippen LogP contribution is -2.04. The van der Waals surface area contributed by atoms with Crippen LogP contribution in [0.5, 0.6) is 0 Å². The molecular weight excluding hydrogens is 112 g/mol. The minimum atomic E-state index is 0.182. The highest BCUT2D eigenvalue weighted by Gasteiger charge is 2.02. The van der Waals surface area contributed by atoms with Gasteiger partial charge in [0.2, 0.25) is 0 Å². The van der Waals surface area contributed by atoms with Gasteiger partial charge in [0.25, 0.3) is 0 Å². The fourth-order valence-corrected chi connectivity index (χ4v) is 0.470. The van der Waals surface area contributed by atoms with Crippen LogP contribution in [0.3, 0.4) is 0 Å². The van der Waals surface area contributed by atoms with Crippen LogP contribution in [0.15, 0.2) is 12.2 Å². The summed E-state index contributed by atoms with van der Waals surface area (Å²) >= 11 is 0. The molecule has 0 heterocycles. The number of ketones is 1. The Morgan fingerprint density at radius 1 is 1.56 bits per heavy atom. The number of carbonyl (C=O) groups excluding carboxylic acids is 1. The van der Waals surface area contributed by atoms with Gasteiger partial charge in [-0.15, -0.1) is 0 Å². The third-order valence-electron chi connectivity index (χ3n) is 1.20. The largest absolute Gasteiger partial charge is 0.299 e. The number of hydrogen-bond donors (Lipinski definition) is 0. The maximum Gasteiger partial charge on any atom is 0.139 e. The van der Waals surface area contributed by atoms with Gasteiger partial charge in [-0.05, 0) is 6.92 Å². The van der Waals surface area contributed by atoms with E-state index in [1.807, 2.05) is 32.9 Å². The van der Waals surface area contributed by atoms with Crippen LogP contribution < -0.4 is 0 Å². The molecule has 0 aromatic rings. The Morgan fingerprint density at radius 2 is 2.11 bits per heavy atom. The second kappa shape index (κ2) is 4.30. The van der Waals surface area contributed by atoms with E-state index in [1.165, 1.54) is 0 Å². The predicted octanol–water partition coefficient (Wildman–Crippen LogP) is 2.18. The van der Waals surface area contributed by atoms with Crippen molar-refractivity contribution in [2.24, 2.45) is 5.92 Å². The quantitative estimate of drug-likeness (QED) is 0.530. The molecule has 0 saturated heterocycles. The monoisotopic (exact) mass is 126 g/mol. The molecule has 0 amide bonds. The normalized spacial score (nSPS) is 11.1. The molecule has 0 atom stereocenters. The number of allylic oxidation sites excluding steroid dienone is 2. The minimum absolute atomic E-state index is 0.182. The third kappa shape index (κ3) is 3.95. The molecule has 0 aliphatic heterocycles. The van der Waals surface area contributed by atoms with Gasteiger partial charge in [0.05, 0.1) is 0 Å². The average molecular weight is 126 g/mol. The summed E-state index contributed by atoms with van der Waals surface area (Å²) in [4.78, 5) is 10.9. The van der Waals surface area contributed by atoms with Crippen molar-refractivity contribution in [2.75, 3.05) is 0 Å². The van der Waals surface area contributed by atoms with Crippen LogP contribution in [0.25, 0.3) is 0 Å². The Bertz CT molecular complexity index is 112. The summed E-state index contributed by atoms with van der Waals surface area (Å²) in [5.74, 6) is 0.495. The van der Waals surface area contributed by atoms with E-state index in [9.17, 15) is 4.79 Å². The molecule has 0 unspecified atom stereocenters. The molecule has 9 heavy (non-hydrogen) atoms. The van der Waals surface area contributed by atoms with E-state index in [0.717, 1.165) is 0 Å². The first kappa shape index (κ1) is 8.41. The van der Waals surface area contributed by atoms with Gasteiger partial charge in [0.1, 0.15) is 5.78 Å². The first-order chi connectivity index (χ1) is 4.18. The summed E-state index contributed by atoms with van der Waals surface area (Å²) in [6.07, 6.45) is 4.39. The Kier molecular flexibility index (Phi) is 4.02. The zero-order valence-corrected chi connectivity index (χ0v) is 6.35. The lowest BCUT2D eigenvalue weighted by atomic mass is 10.1. The van der Waals surface area contributed by atoms with Gasteiger partial charge in [-0.3, -0.25) is 4.79 Å². The Balaban J connectivity index is 3.51. The van der Waals surface area contributed by atoms with Crippen molar-refractivity contribution in [2.45, 2.75) is 27.2 Å². The lowest BCUT2D eigenvalue weighted by Gasteiger charge is -1.97. The summed E-state index contributed by atoms with van der Waals surface area (Å²) in [5.41, 5.74) is 0. The summed E-state index contributed by atoms with van der Waals surface area (Å²) in [6.45, 7) is 5.77. The summed E-state index contributed by atoms with van der Waals surface area (Å²) in [5, 5.41) is 0. The van der Waals surface area contributed by atoms with Gasteiger partial charge >= 0.3 is 0 Å². The molecule has 0 spiro atoms. The lowest BCUT2D eigenvalue weighted by molar-refractivity contribution is -0.121. The zero-order chi connectivity index (χ0) is 7.28. The fourth-order valence-electron chi connectivity index (χ4n) is 0.470. The number of carbonyl (C=O) groups is 1. The smallest absolute Gasteiger partial charge is 0.139 e. The maximum atomic E-state index is 10.9. The van der Waals surface area contributed by atoms with E-state index in [0.29, 0.717) is 12.2 Å². The van der Waals surface area contributed by atoms with Crippen LogP contribution in [0, 0.1) is 5.92 Å². The van der Waals surface area contributed by atoms with Gasteiger partial charge in [-0.1, -0.05) is 26.0 Å². The molecule has 0 rings (SSSR count). The summed E-state index contributed by atoms with van der Waals surface area (Å²) < 4.78 is 0. The number of Topliss-reactive ketones (excluding diaryl/α,β-unsaturated/α-hetero) is 1. The highest BCUT2D eigenvalue weighted by molar-refractivity contribution is 5.81.